The molecular formula is C39H31N7O15S4. The maximum Gasteiger partial charge on any atom is 0.296 e. The molecule has 0 saturated carbocycles. The molecule has 0 radical (unpaired) electrons. The molecule has 0 atom stereocenters. The average molecular weight is 966 g/mol. The Morgan fingerprint density at radius 3 is 1.74 bits per heavy atom. The number of phenols is 1. The van der Waals surface area contributed by atoms with Crippen LogP contribution in [0, 0.1) is 6.92 Å². The summed E-state index contributed by atoms with van der Waals surface area (Å²) in [4.78, 5) is -2.69. The lowest BCUT2D eigenvalue weighted by atomic mass is 10.1. The molecule has 26 heteroatoms. The van der Waals surface area contributed by atoms with E-state index in [1.165, 1.54) is 56.7 Å². The quantitative estimate of drug-likeness (QED) is 0.0378. The molecule has 0 aromatic heterocycles. The van der Waals surface area contributed by atoms with Gasteiger partial charge >= 0.3 is 0 Å². The van der Waals surface area contributed by atoms with Gasteiger partial charge in [0.25, 0.3) is 40.5 Å². The van der Waals surface area contributed by atoms with Crippen molar-refractivity contribution in [2.24, 2.45) is 30.7 Å². The fourth-order valence-electron chi connectivity index (χ4n) is 6.61. The fraction of sp³-hybridized carbons (Fsp3) is 0.0769. The van der Waals surface area contributed by atoms with Crippen molar-refractivity contribution < 1.29 is 66.5 Å². The highest BCUT2D eigenvalue weighted by molar-refractivity contribution is 7.86. The van der Waals surface area contributed by atoms with Crippen LogP contribution in [0.4, 0.5) is 39.8 Å². The smallest absolute Gasteiger partial charge is 0.296 e. The Morgan fingerprint density at radius 2 is 1.09 bits per heavy atom. The molecule has 7 aromatic carbocycles. The Hall–Kier alpha value is -7.04. The van der Waals surface area contributed by atoms with E-state index in [0.29, 0.717) is 22.3 Å². The Morgan fingerprint density at radius 1 is 0.492 bits per heavy atom. The molecule has 7 N–H and O–H groups in total. The Balaban J connectivity index is 1.31. The number of nitrogens with two attached hydrogens (primary N) is 1. The number of phenolic OH excluding ortho intramolecular Hbond substituents is 1. The van der Waals surface area contributed by atoms with Gasteiger partial charge in [0, 0.05) is 33.7 Å². The van der Waals surface area contributed by atoms with Crippen LogP contribution in [0.1, 0.15) is 5.56 Å². The molecule has 0 aliphatic heterocycles. The largest absolute Gasteiger partial charge is 0.505 e. The van der Waals surface area contributed by atoms with Crippen molar-refractivity contribution in [2.45, 2.75) is 26.5 Å². The molecule has 0 aliphatic rings. The summed E-state index contributed by atoms with van der Waals surface area (Å²) >= 11 is 0. The van der Waals surface area contributed by atoms with E-state index in [9.17, 15) is 57.0 Å². The number of aryl methyl sites for hydroxylation is 1. The summed E-state index contributed by atoms with van der Waals surface area (Å²) in [6.45, 7) is 1.69. The van der Waals surface area contributed by atoms with Crippen molar-refractivity contribution in [3.8, 4) is 17.2 Å². The third-order valence-electron chi connectivity index (χ3n) is 9.67. The Labute approximate surface area is 368 Å². The van der Waals surface area contributed by atoms with Crippen LogP contribution in [0.2, 0.25) is 0 Å². The molecular weight excluding hydrogens is 935 g/mol. The SMILES string of the molecule is COc1cc(N=Nc2ccc3c(S(=O)(=O)O)cccc3c2)c(C)cc1N=Nc1cc(OC)c(N=Nc2c(S(=O)(=O)O)cc3cc(S(=O)(=O)O)c(N)cc3c2O)c2ccc(S(=O)(=O)O)cc12. The van der Waals surface area contributed by atoms with Gasteiger partial charge in [0.05, 0.1) is 41.9 Å². The number of ether oxygens (including phenoxy) is 2. The summed E-state index contributed by atoms with van der Waals surface area (Å²) in [5.41, 5.74) is 5.54. The summed E-state index contributed by atoms with van der Waals surface area (Å²) in [6.07, 6.45) is 0. The number of hydrogen-bond acceptors (Lipinski definition) is 18. The minimum absolute atomic E-state index is 0.0259. The van der Waals surface area contributed by atoms with Crippen LogP contribution in [0.25, 0.3) is 32.3 Å². The molecule has 0 amide bonds. The van der Waals surface area contributed by atoms with E-state index in [1.807, 2.05) is 0 Å². The van der Waals surface area contributed by atoms with Gasteiger partial charge < -0.3 is 20.3 Å². The van der Waals surface area contributed by atoms with E-state index in [0.717, 1.165) is 30.3 Å². The predicted molar refractivity (Wildman–Crippen MR) is 234 cm³/mol. The van der Waals surface area contributed by atoms with E-state index in [4.69, 9.17) is 15.2 Å². The standard InChI is InChI=1S/C39H31N7O15S4/c1-19-11-31(32(60-2)17-29(19)42-41-22-7-9-24-20(12-22)5-4-6-34(24)63(51,52)53)44-43-30-18-33(61-3)37(25-10-8-23(15-27(25)30)62(48,49)50)45-46-38-36(65(57,58)59)14-21-13-35(64(54,55)56)28(40)16-26(21)39(38)47/h4-18,47H,40H2,1-3H3,(H,48,49,50)(H,51,52,53)(H,54,55,56)(H,57,58,59). The van der Waals surface area contributed by atoms with Crippen LogP contribution in [-0.4, -0.2) is 71.2 Å². The Kier molecular flexibility index (Phi) is 11.9. The van der Waals surface area contributed by atoms with E-state index in [-0.39, 0.29) is 60.4 Å². The number of methoxy groups -OCH3 is 2. The predicted octanol–water partition coefficient (Wildman–Crippen LogP) is 8.99. The second-order valence-corrected chi connectivity index (χ2v) is 19.4. The number of benzene rings is 7. The third kappa shape index (κ3) is 9.31. The van der Waals surface area contributed by atoms with Crippen LogP contribution in [-0.2, 0) is 40.5 Å². The highest BCUT2D eigenvalue weighted by Crippen LogP contribution is 2.47. The monoisotopic (exact) mass is 965 g/mol. The van der Waals surface area contributed by atoms with Gasteiger partial charge in [-0.2, -0.15) is 43.9 Å². The van der Waals surface area contributed by atoms with Crippen molar-refractivity contribution in [3.05, 3.63) is 96.6 Å². The molecule has 0 unspecified atom stereocenters. The van der Waals surface area contributed by atoms with Crippen LogP contribution in [0.5, 0.6) is 17.2 Å². The first kappa shape index (κ1) is 46.0. The number of aromatic hydroxyl groups is 1. The van der Waals surface area contributed by atoms with Gasteiger partial charge in [-0.1, -0.05) is 24.3 Å². The first-order valence-electron chi connectivity index (χ1n) is 18.0. The third-order valence-corrected chi connectivity index (χ3v) is 13.2. The zero-order valence-corrected chi connectivity index (χ0v) is 36.6. The van der Waals surface area contributed by atoms with E-state index in [1.54, 1.807) is 25.1 Å². The summed E-state index contributed by atoms with van der Waals surface area (Å²) in [7, 11) is -16.9. The highest BCUT2D eigenvalue weighted by atomic mass is 32.2. The number of nitrogen functional groups attached to an aromatic ring is 1. The van der Waals surface area contributed by atoms with Crippen LogP contribution in [0.3, 0.4) is 0 Å². The summed E-state index contributed by atoms with van der Waals surface area (Å²) < 4.78 is 147. The Bertz CT molecular complexity index is 3730. The topological polar surface area (TPSA) is 356 Å². The minimum Gasteiger partial charge on any atom is -0.505 e. The molecule has 0 saturated heterocycles. The van der Waals surface area contributed by atoms with Gasteiger partial charge in [-0.05, 0) is 77.9 Å². The summed E-state index contributed by atoms with van der Waals surface area (Å²) in [6, 6.07) is 19.0. The van der Waals surface area contributed by atoms with Gasteiger partial charge in [-0.15, -0.1) is 20.5 Å². The van der Waals surface area contributed by atoms with Gasteiger partial charge in [0.2, 0.25) is 0 Å². The van der Waals surface area contributed by atoms with Crippen LogP contribution in [0.15, 0.2) is 141 Å². The van der Waals surface area contributed by atoms with E-state index >= 15 is 0 Å². The lowest BCUT2D eigenvalue weighted by Crippen LogP contribution is -2.04. The van der Waals surface area contributed by atoms with Crippen LogP contribution >= 0.6 is 0 Å². The van der Waals surface area contributed by atoms with E-state index in [2.05, 4.69) is 30.7 Å². The molecule has 22 nitrogen and oxygen atoms in total. The lowest BCUT2D eigenvalue weighted by Gasteiger charge is -2.13. The molecule has 7 aromatic rings. The number of nitrogens with zero attached hydrogens (tertiary/aromatic N) is 6. The van der Waals surface area contributed by atoms with Crippen molar-refractivity contribution in [1.29, 1.82) is 0 Å². The lowest BCUT2D eigenvalue weighted by molar-refractivity contribution is 0.415. The molecule has 0 fully saturated rings. The highest BCUT2D eigenvalue weighted by Gasteiger charge is 2.26. The van der Waals surface area contributed by atoms with Gasteiger partial charge in [-0.3, -0.25) is 18.2 Å². The fourth-order valence-corrected chi connectivity index (χ4v) is 9.12. The first-order chi connectivity index (χ1) is 30.4. The second-order valence-electron chi connectivity index (χ2n) is 13.8. The number of hydrogen-bond donors (Lipinski definition) is 6. The second kappa shape index (κ2) is 16.8. The number of anilines is 1. The average Bonchev–Trinajstić information content (AvgIpc) is 3.23. The summed E-state index contributed by atoms with van der Waals surface area (Å²) in [5, 5.41) is 36.7. The zero-order chi connectivity index (χ0) is 47.4. The van der Waals surface area contributed by atoms with E-state index < -0.39 is 72.3 Å². The van der Waals surface area contributed by atoms with Gasteiger partial charge in [-0.25, -0.2) is 0 Å². The molecule has 0 bridgehead atoms. The van der Waals surface area contributed by atoms with Crippen molar-refractivity contribution in [2.75, 3.05) is 20.0 Å². The normalized spacial score (nSPS) is 13.0. The van der Waals surface area contributed by atoms with Crippen molar-refractivity contribution >= 4 is 113 Å². The maximum absolute atomic E-state index is 12.5. The molecule has 0 heterocycles. The first-order valence-corrected chi connectivity index (χ1v) is 23.8. The molecule has 7 rings (SSSR count). The van der Waals surface area contributed by atoms with Crippen LogP contribution < -0.4 is 15.2 Å². The van der Waals surface area contributed by atoms with Crippen molar-refractivity contribution in [3.63, 3.8) is 0 Å². The minimum atomic E-state index is -5.23. The zero-order valence-electron chi connectivity index (χ0n) is 33.4. The number of azo groups is 3. The molecule has 0 aliphatic carbocycles. The van der Waals surface area contributed by atoms with Gasteiger partial charge in [0.15, 0.2) is 5.75 Å². The molecule has 0 spiro atoms. The number of fused-ring (bicyclic) bond motifs is 3. The maximum atomic E-state index is 12.5. The molecule has 65 heavy (non-hydrogen) atoms. The molecule has 336 valence electrons. The van der Waals surface area contributed by atoms with Gasteiger partial charge in [0.1, 0.15) is 43.2 Å². The van der Waals surface area contributed by atoms with Crippen molar-refractivity contribution in [1.82, 2.24) is 0 Å². The summed E-state index contributed by atoms with van der Waals surface area (Å²) in [5.74, 6) is -0.893. The number of rotatable bonds is 12.